The Labute approximate surface area is 165 Å². The van der Waals surface area contributed by atoms with Gasteiger partial charge in [0, 0.05) is 30.7 Å². The lowest BCUT2D eigenvalue weighted by Crippen LogP contribution is -2.40. The largest absolute Gasteiger partial charge is 0.389 e. The van der Waals surface area contributed by atoms with Gasteiger partial charge in [0.2, 0.25) is 0 Å². The number of anilines is 2. The van der Waals surface area contributed by atoms with E-state index in [1.54, 1.807) is 17.2 Å². The lowest BCUT2D eigenvalue weighted by molar-refractivity contribution is 0.0302. The molecule has 2 N–H and O–H groups in total. The Hall–Kier alpha value is -2.34. The topological polar surface area (TPSA) is 95.5 Å². The zero-order chi connectivity index (χ0) is 19.0. The van der Waals surface area contributed by atoms with Crippen LogP contribution in [-0.4, -0.2) is 48.6 Å². The maximum absolute atomic E-state index is 12.6. The van der Waals surface area contributed by atoms with Crippen LogP contribution in [0.4, 0.5) is 10.8 Å². The van der Waals surface area contributed by atoms with Crippen LogP contribution in [0, 0.1) is 11.3 Å². The maximum atomic E-state index is 12.6. The molecule has 0 bridgehead atoms. The predicted octanol–water partition coefficient (Wildman–Crippen LogP) is 2.29. The average molecular weight is 404 g/mol. The number of nitrogens with two attached hydrogens (primary N) is 1. The number of fused-ring (bicyclic) bond motifs is 1. The van der Waals surface area contributed by atoms with Gasteiger partial charge in [-0.05, 0) is 18.1 Å². The summed E-state index contributed by atoms with van der Waals surface area (Å²) in [6.45, 7) is 3.56. The van der Waals surface area contributed by atoms with Crippen LogP contribution in [0.2, 0.25) is 5.02 Å². The number of carbonyl (C=O) groups excluding carboxylic acids is 1. The SMILES string of the molecule is N#Cc1c(N)sc2c1CCN(c1ncc(C(=O)N3CCOCC3)cc1Cl)C2. The van der Waals surface area contributed by atoms with Crippen LogP contribution >= 0.6 is 22.9 Å². The molecule has 140 valence electrons. The molecule has 2 aromatic heterocycles. The third-order valence-corrected chi connectivity index (χ3v) is 6.19. The highest BCUT2D eigenvalue weighted by Gasteiger charge is 2.26. The molecule has 4 rings (SSSR count). The summed E-state index contributed by atoms with van der Waals surface area (Å²) in [6, 6.07) is 3.88. The van der Waals surface area contributed by atoms with Crippen LogP contribution in [0.3, 0.4) is 0 Å². The van der Waals surface area contributed by atoms with Crippen LogP contribution in [-0.2, 0) is 17.7 Å². The molecule has 27 heavy (non-hydrogen) atoms. The normalized spacial score (nSPS) is 16.7. The van der Waals surface area contributed by atoms with Gasteiger partial charge in [-0.2, -0.15) is 5.26 Å². The van der Waals surface area contributed by atoms with Crippen molar-refractivity contribution in [1.29, 1.82) is 5.26 Å². The molecule has 1 saturated heterocycles. The molecular weight excluding hydrogens is 386 g/mol. The van der Waals surface area contributed by atoms with Crippen molar-refractivity contribution in [3.8, 4) is 6.07 Å². The number of amides is 1. The molecule has 1 fully saturated rings. The van der Waals surface area contributed by atoms with Gasteiger partial charge >= 0.3 is 0 Å². The van der Waals surface area contributed by atoms with E-state index < -0.39 is 0 Å². The number of halogens is 1. The van der Waals surface area contributed by atoms with E-state index in [1.165, 1.54) is 11.3 Å². The van der Waals surface area contributed by atoms with Crippen molar-refractivity contribution in [2.75, 3.05) is 43.5 Å². The van der Waals surface area contributed by atoms with Gasteiger partial charge in [-0.3, -0.25) is 4.79 Å². The first-order valence-electron chi connectivity index (χ1n) is 8.66. The van der Waals surface area contributed by atoms with Crippen LogP contribution in [0.1, 0.15) is 26.4 Å². The van der Waals surface area contributed by atoms with E-state index in [2.05, 4.69) is 16.0 Å². The highest BCUT2D eigenvalue weighted by molar-refractivity contribution is 7.16. The lowest BCUT2D eigenvalue weighted by atomic mass is 10.0. The van der Waals surface area contributed by atoms with Crippen molar-refractivity contribution in [3.05, 3.63) is 38.9 Å². The number of nitrogens with zero attached hydrogens (tertiary/aromatic N) is 4. The quantitative estimate of drug-likeness (QED) is 0.826. The van der Waals surface area contributed by atoms with Crippen molar-refractivity contribution < 1.29 is 9.53 Å². The predicted molar refractivity (Wildman–Crippen MR) is 104 cm³/mol. The van der Waals surface area contributed by atoms with E-state index in [4.69, 9.17) is 22.1 Å². The Kier molecular flexibility index (Phi) is 4.91. The molecule has 2 aromatic rings. The third-order valence-electron chi connectivity index (χ3n) is 4.86. The number of carbonyl (C=O) groups is 1. The minimum absolute atomic E-state index is 0.0788. The number of thiophene rings is 1. The van der Waals surface area contributed by atoms with Crippen LogP contribution in [0.15, 0.2) is 12.3 Å². The van der Waals surface area contributed by atoms with Crippen LogP contribution < -0.4 is 10.6 Å². The summed E-state index contributed by atoms with van der Waals surface area (Å²) in [5.74, 6) is 0.566. The number of nitriles is 1. The van der Waals surface area contributed by atoms with Crippen LogP contribution in [0.5, 0.6) is 0 Å². The van der Waals surface area contributed by atoms with E-state index in [1.807, 2.05) is 0 Å². The van der Waals surface area contributed by atoms with Crippen molar-refractivity contribution in [3.63, 3.8) is 0 Å². The molecule has 1 amide bonds. The van der Waals surface area contributed by atoms with E-state index >= 15 is 0 Å². The second-order valence-electron chi connectivity index (χ2n) is 6.46. The first-order valence-corrected chi connectivity index (χ1v) is 9.85. The number of ether oxygens (including phenoxy) is 1. The zero-order valence-electron chi connectivity index (χ0n) is 14.6. The van der Waals surface area contributed by atoms with E-state index in [0.29, 0.717) is 66.4 Å². The highest BCUT2D eigenvalue weighted by Crippen LogP contribution is 2.37. The number of aromatic nitrogens is 1. The Balaban J connectivity index is 1.55. The molecule has 4 heterocycles. The number of nitrogen functional groups attached to an aromatic ring is 1. The van der Waals surface area contributed by atoms with Crippen molar-refractivity contribution in [2.45, 2.75) is 13.0 Å². The van der Waals surface area contributed by atoms with Crippen molar-refractivity contribution in [2.24, 2.45) is 0 Å². The fraction of sp³-hybridized carbons (Fsp3) is 0.389. The fourth-order valence-electron chi connectivity index (χ4n) is 3.46. The van der Waals surface area contributed by atoms with Gasteiger partial charge in [-0.15, -0.1) is 11.3 Å². The first kappa shape index (κ1) is 18.0. The summed E-state index contributed by atoms with van der Waals surface area (Å²) in [5.41, 5.74) is 8.07. The van der Waals surface area contributed by atoms with Gasteiger partial charge in [-0.1, -0.05) is 11.6 Å². The van der Waals surface area contributed by atoms with Gasteiger partial charge in [0.25, 0.3) is 5.91 Å². The van der Waals surface area contributed by atoms with Gasteiger partial charge in [0.1, 0.15) is 16.9 Å². The highest BCUT2D eigenvalue weighted by atomic mass is 35.5. The van der Waals surface area contributed by atoms with Gasteiger partial charge in [0.05, 0.1) is 35.9 Å². The summed E-state index contributed by atoms with van der Waals surface area (Å²) in [4.78, 5) is 21.9. The monoisotopic (exact) mass is 403 g/mol. The fourth-order valence-corrected chi connectivity index (χ4v) is 4.83. The van der Waals surface area contributed by atoms with Crippen LogP contribution in [0.25, 0.3) is 0 Å². The number of hydrogen-bond donors (Lipinski definition) is 1. The molecule has 0 saturated carbocycles. The molecule has 0 unspecified atom stereocenters. The standard InChI is InChI=1S/C18H18ClN5O2S/c19-14-7-11(18(25)23-3-5-26-6-4-23)9-22-17(14)24-2-1-12-13(8-20)16(21)27-15(12)10-24/h7,9H,1-6,10,21H2. The third kappa shape index (κ3) is 3.34. The summed E-state index contributed by atoms with van der Waals surface area (Å²) >= 11 is 7.91. The molecule has 0 aromatic carbocycles. The van der Waals surface area contributed by atoms with E-state index in [9.17, 15) is 10.1 Å². The van der Waals surface area contributed by atoms with Crippen molar-refractivity contribution >= 4 is 39.7 Å². The van der Waals surface area contributed by atoms with Crippen molar-refractivity contribution in [1.82, 2.24) is 9.88 Å². The molecular formula is C18H18ClN5O2S. The summed E-state index contributed by atoms with van der Waals surface area (Å²) in [6.07, 6.45) is 2.30. The summed E-state index contributed by atoms with van der Waals surface area (Å²) in [7, 11) is 0. The molecule has 7 nitrogen and oxygen atoms in total. The molecule has 0 aliphatic carbocycles. The number of hydrogen-bond acceptors (Lipinski definition) is 7. The van der Waals surface area contributed by atoms with Gasteiger partial charge in [-0.25, -0.2) is 4.98 Å². The Morgan fingerprint density at radius 2 is 2.15 bits per heavy atom. The zero-order valence-corrected chi connectivity index (χ0v) is 16.1. The van der Waals surface area contributed by atoms with Gasteiger partial charge in [0.15, 0.2) is 0 Å². The number of rotatable bonds is 2. The Bertz CT molecular complexity index is 933. The molecule has 2 aliphatic rings. The molecule has 0 atom stereocenters. The second kappa shape index (κ2) is 7.35. The minimum Gasteiger partial charge on any atom is -0.389 e. The Morgan fingerprint density at radius 1 is 1.37 bits per heavy atom. The second-order valence-corrected chi connectivity index (χ2v) is 8.00. The van der Waals surface area contributed by atoms with Gasteiger partial charge < -0.3 is 20.3 Å². The summed E-state index contributed by atoms with van der Waals surface area (Å²) in [5, 5.41) is 10.3. The molecule has 2 aliphatic heterocycles. The summed E-state index contributed by atoms with van der Waals surface area (Å²) < 4.78 is 5.28. The number of morpholine rings is 1. The minimum atomic E-state index is -0.0788. The van der Waals surface area contributed by atoms with E-state index in [0.717, 1.165) is 16.9 Å². The smallest absolute Gasteiger partial charge is 0.255 e. The Morgan fingerprint density at radius 3 is 2.85 bits per heavy atom. The van der Waals surface area contributed by atoms with E-state index in [-0.39, 0.29) is 5.91 Å². The average Bonchev–Trinajstić information content (AvgIpc) is 3.02. The maximum Gasteiger partial charge on any atom is 0.255 e. The lowest BCUT2D eigenvalue weighted by Gasteiger charge is -2.29. The molecule has 0 spiro atoms. The first-order chi connectivity index (χ1) is 13.1. The molecule has 0 radical (unpaired) electrons. The number of pyridine rings is 1. The molecule has 9 heteroatoms.